The van der Waals surface area contributed by atoms with Crippen LogP contribution >= 0.6 is 0 Å². The molecule has 0 aromatic rings. The largest absolute Gasteiger partial charge is 0.453 e. The molecule has 66 valence electrons. The van der Waals surface area contributed by atoms with Gasteiger partial charge in [-0.2, -0.15) is 0 Å². The quantitative estimate of drug-likeness (QED) is 0.414. The van der Waals surface area contributed by atoms with E-state index in [0.29, 0.717) is 0 Å². The molecule has 1 amide bonds. The van der Waals surface area contributed by atoms with E-state index in [9.17, 15) is 14.4 Å². The zero-order valence-corrected chi connectivity index (χ0v) is 6.33. The van der Waals surface area contributed by atoms with E-state index in [1.54, 1.807) is 0 Å². The van der Waals surface area contributed by atoms with Crippen molar-refractivity contribution >= 4 is 18.0 Å². The number of amides is 1. The molecule has 12 heavy (non-hydrogen) atoms. The summed E-state index contributed by atoms with van der Waals surface area (Å²) in [5.74, 6) is -1.38. The van der Waals surface area contributed by atoms with Gasteiger partial charge in [-0.3, -0.25) is 4.79 Å². The second kappa shape index (κ2) is 3.21. The lowest BCUT2D eigenvalue weighted by atomic mass is 10.2. The van der Waals surface area contributed by atoms with Crippen LogP contribution in [0.1, 0.15) is 6.42 Å². The number of carbonyl (C=O) groups is 3. The fourth-order valence-electron chi connectivity index (χ4n) is 0.786. The van der Waals surface area contributed by atoms with E-state index in [-0.39, 0.29) is 6.42 Å². The first-order valence-electron chi connectivity index (χ1n) is 3.22. The van der Waals surface area contributed by atoms with Gasteiger partial charge in [0.25, 0.3) is 0 Å². The van der Waals surface area contributed by atoms with Crippen LogP contribution in [0.2, 0.25) is 0 Å². The SMILES string of the molecule is COC(=O)N[C@H]1CC(=O)OC1=O. The number of ether oxygens (including phenoxy) is 2. The van der Waals surface area contributed by atoms with Gasteiger partial charge in [0, 0.05) is 0 Å². The van der Waals surface area contributed by atoms with Crippen LogP contribution in [0, 0.1) is 0 Å². The molecule has 0 unspecified atom stereocenters. The highest BCUT2D eigenvalue weighted by atomic mass is 16.6. The monoisotopic (exact) mass is 173 g/mol. The van der Waals surface area contributed by atoms with E-state index in [1.165, 1.54) is 0 Å². The molecule has 6 nitrogen and oxygen atoms in total. The van der Waals surface area contributed by atoms with Crippen LogP contribution in [-0.4, -0.2) is 31.2 Å². The highest BCUT2D eigenvalue weighted by Gasteiger charge is 2.34. The number of hydrogen-bond donors (Lipinski definition) is 1. The summed E-state index contributed by atoms with van der Waals surface area (Å²) in [7, 11) is 1.16. The summed E-state index contributed by atoms with van der Waals surface area (Å²) >= 11 is 0. The van der Waals surface area contributed by atoms with Gasteiger partial charge in [-0.25, -0.2) is 9.59 Å². The summed E-state index contributed by atoms with van der Waals surface area (Å²) in [6.07, 6.45) is -0.889. The number of alkyl carbamates (subject to hydrolysis) is 1. The summed E-state index contributed by atoms with van der Waals surface area (Å²) in [5.41, 5.74) is 0. The van der Waals surface area contributed by atoms with Crippen molar-refractivity contribution in [1.29, 1.82) is 0 Å². The van der Waals surface area contributed by atoms with Crippen LogP contribution < -0.4 is 5.32 Å². The number of cyclic esters (lactones) is 2. The molecule has 1 rings (SSSR count). The average molecular weight is 173 g/mol. The molecular formula is C6H7NO5. The summed E-state index contributed by atoms with van der Waals surface area (Å²) in [6.45, 7) is 0. The molecule has 0 aromatic heterocycles. The van der Waals surface area contributed by atoms with Crippen molar-refractivity contribution in [2.75, 3.05) is 7.11 Å². The van der Waals surface area contributed by atoms with Crippen LogP contribution in [0.15, 0.2) is 0 Å². The smallest absolute Gasteiger partial charge is 0.407 e. The molecule has 1 N–H and O–H groups in total. The third kappa shape index (κ3) is 1.71. The minimum absolute atomic E-state index is 0.131. The zero-order valence-electron chi connectivity index (χ0n) is 6.33. The van der Waals surface area contributed by atoms with Gasteiger partial charge in [-0.05, 0) is 0 Å². The topological polar surface area (TPSA) is 81.7 Å². The van der Waals surface area contributed by atoms with E-state index < -0.39 is 24.1 Å². The Morgan fingerprint density at radius 2 is 2.33 bits per heavy atom. The lowest BCUT2D eigenvalue weighted by Gasteiger charge is -2.04. The summed E-state index contributed by atoms with van der Waals surface area (Å²) in [4.78, 5) is 31.8. The van der Waals surface area contributed by atoms with Crippen molar-refractivity contribution < 1.29 is 23.9 Å². The van der Waals surface area contributed by atoms with E-state index >= 15 is 0 Å². The number of rotatable bonds is 1. The average Bonchev–Trinajstić information content (AvgIpc) is 2.30. The number of methoxy groups -OCH3 is 1. The first-order chi connectivity index (χ1) is 5.63. The second-order valence-electron chi connectivity index (χ2n) is 2.19. The van der Waals surface area contributed by atoms with Gasteiger partial charge < -0.3 is 14.8 Å². The van der Waals surface area contributed by atoms with Gasteiger partial charge in [0.15, 0.2) is 0 Å². The maximum Gasteiger partial charge on any atom is 0.407 e. The predicted octanol–water partition coefficient (Wildman–Crippen LogP) is -0.816. The molecule has 1 saturated heterocycles. The van der Waals surface area contributed by atoms with Crippen molar-refractivity contribution in [1.82, 2.24) is 5.32 Å². The van der Waals surface area contributed by atoms with Gasteiger partial charge in [-0.15, -0.1) is 0 Å². The Hall–Kier alpha value is -1.59. The van der Waals surface area contributed by atoms with Crippen LogP contribution in [-0.2, 0) is 19.1 Å². The molecule has 6 heteroatoms. The molecule has 0 aliphatic carbocycles. The standard InChI is InChI=1S/C6H7NO5/c1-11-6(10)7-3-2-4(8)12-5(3)9/h3H,2H2,1H3,(H,7,10)/t3-/m0/s1. The molecule has 0 saturated carbocycles. The van der Waals surface area contributed by atoms with E-state index in [1.807, 2.05) is 0 Å². The molecule has 1 heterocycles. The highest BCUT2D eigenvalue weighted by molar-refractivity contribution is 5.98. The van der Waals surface area contributed by atoms with Gasteiger partial charge in [-0.1, -0.05) is 0 Å². The molecule has 1 aliphatic heterocycles. The Morgan fingerprint density at radius 3 is 2.75 bits per heavy atom. The van der Waals surface area contributed by atoms with E-state index in [4.69, 9.17) is 0 Å². The van der Waals surface area contributed by atoms with Crippen molar-refractivity contribution in [3.8, 4) is 0 Å². The van der Waals surface area contributed by atoms with Crippen LogP contribution in [0.5, 0.6) is 0 Å². The lowest BCUT2D eigenvalue weighted by molar-refractivity contribution is -0.152. The van der Waals surface area contributed by atoms with Gasteiger partial charge >= 0.3 is 18.0 Å². The first kappa shape index (κ1) is 8.51. The minimum Gasteiger partial charge on any atom is -0.453 e. The normalized spacial score (nSPS) is 21.9. The summed E-state index contributed by atoms with van der Waals surface area (Å²) in [6, 6.07) is -0.898. The molecule has 1 atom stereocenters. The fourth-order valence-corrected chi connectivity index (χ4v) is 0.786. The third-order valence-corrected chi connectivity index (χ3v) is 1.35. The molecular weight excluding hydrogens is 166 g/mol. The molecule has 0 bridgehead atoms. The number of esters is 2. The Balaban J connectivity index is 2.48. The molecule has 0 spiro atoms. The first-order valence-corrected chi connectivity index (χ1v) is 3.22. The van der Waals surface area contributed by atoms with Crippen LogP contribution in [0.3, 0.4) is 0 Å². The second-order valence-corrected chi connectivity index (χ2v) is 2.19. The molecule has 0 aromatic carbocycles. The highest BCUT2D eigenvalue weighted by Crippen LogP contribution is 2.07. The lowest BCUT2D eigenvalue weighted by Crippen LogP contribution is -2.37. The molecule has 1 aliphatic rings. The maximum absolute atomic E-state index is 10.7. The Labute approximate surface area is 67.8 Å². The van der Waals surface area contributed by atoms with Crippen molar-refractivity contribution in [3.63, 3.8) is 0 Å². The van der Waals surface area contributed by atoms with Gasteiger partial charge in [0.05, 0.1) is 13.5 Å². The minimum atomic E-state index is -0.898. The Bertz CT molecular complexity index is 236. The zero-order chi connectivity index (χ0) is 9.14. The van der Waals surface area contributed by atoms with E-state index in [2.05, 4.69) is 14.8 Å². The van der Waals surface area contributed by atoms with Crippen molar-refractivity contribution in [3.05, 3.63) is 0 Å². The number of hydrogen-bond acceptors (Lipinski definition) is 5. The van der Waals surface area contributed by atoms with Crippen molar-refractivity contribution in [2.24, 2.45) is 0 Å². The van der Waals surface area contributed by atoms with Crippen LogP contribution in [0.4, 0.5) is 4.79 Å². The van der Waals surface area contributed by atoms with Gasteiger partial charge in [0.2, 0.25) is 0 Å². The molecule has 0 radical (unpaired) electrons. The predicted molar refractivity (Wildman–Crippen MR) is 35.0 cm³/mol. The van der Waals surface area contributed by atoms with E-state index in [0.717, 1.165) is 7.11 Å². The van der Waals surface area contributed by atoms with Crippen LogP contribution in [0.25, 0.3) is 0 Å². The Morgan fingerprint density at radius 1 is 1.67 bits per heavy atom. The maximum atomic E-state index is 10.7. The summed E-state index contributed by atoms with van der Waals surface area (Å²) in [5, 5.41) is 2.15. The molecule has 1 fully saturated rings. The third-order valence-electron chi connectivity index (χ3n) is 1.35. The van der Waals surface area contributed by atoms with Crippen molar-refractivity contribution in [2.45, 2.75) is 12.5 Å². The Kier molecular flexibility index (Phi) is 2.27. The number of nitrogens with one attached hydrogen (secondary N) is 1. The fraction of sp³-hybridized carbons (Fsp3) is 0.500. The van der Waals surface area contributed by atoms with Gasteiger partial charge in [0.1, 0.15) is 6.04 Å². The summed E-state index contributed by atoms with van der Waals surface area (Å²) < 4.78 is 8.40. The number of carbonyl (C=O) groups excluding carboxylic acids is 3.